The number of nitrogens with two attached hydrogens (primary N) is 2. The lowest BCUT2D eigenvalue weighted by Gasteiger charge is -2.03. The zero-order chi connectivity index (χ0) is 9.30. The van der Waals surface area contributed by atoms with Crippen LogP contribution in [0.15, 0.2) is 16.6 Å². The van der Waals surface area contributed by atoms with E-state index in [1.165, 1.54) is 0 Å². The molecule has 0 aliphatic rings. The van der Waals surface area contributed by atoms with Gasteiger partial charge >= 0.3 is 0 Å². The Morgan fingerprint density at radius 2 is 2.08 bits per heavy atom. The summed E-state index contributed by atoms with van der Waals surface area (Å²) in [6.45, 7) is 0. The van der Waals surface area contributed by atoms with Crippen LogP contribution in [0.25, 0.3) is 0 Å². The zero-order valence-corrected chi connectivity index (χ0v) is 9.72. The fourth-order valence-electron chi connectivity index (χ4n) is 0.776. The number of carbonyl (C=O) groups is 1. The van der Waals surface area contributed by atoms with Gasteiger partial charge in [0, 0.05) is 13.7 Å². The molecule has 1 rings (SSSR count). The summed E-state index contributed by atoms with van der Waals surface area (Å²) in [5.41, 5.74) is 11.4. The Bertz CT molecular complexity index is 340. The lowest BCUT2D eigenvalue weighted by atomic mass is 10.2. The Labute approximate surface area is 91.8 Å². The van der Waals surface area contributed by atoms with Crippen molar-refractivity contribution in [1.29, 1.82) is 0 Å². The van der Waals surface area contributed by atoms with Crippen LogP contribution in [0.2, 0.25) is 0 Å². The van der Waals surface area contributed by atoms with Crippen molar-refractivity contribution in [1.82, 2.24) is 0 Å². The van der Waals surface area contributed by atoms with Crippen molar-refractivity contribution in [3.8, 4) is 0 Å². The number of primary amides is 1. The maximum absolute atomic E-state index is 10.8. The van der Waals surface area contributed by atoms with E-state index < -0.39 is 5.91 Å². The van der Waals surface area contributed by atoms with E-state index in [1.54, 1.807) is 12.1 Å². The monoisotopic (exact) mass is 340 g/mol. The molecule has 0 fully saturated rings. The largest absolute Gasteiger partial charge is 0.398 e. The van der Waals surface area contributed by atoms with Crippen LogP contribution in [-0.4, -0.2) is 5.91 Å². The smallest absolute Gasteiger partial charge is 0.250 e. The molecule has 5 heteroatoms. The van der Waals surface area contributed by atoms with Crippen LogP contribution in [-0.2, 0) is 0 Å². The first kappa shape index (κ1) is 9.79. The van der Waals surface area contributed by atoms with Gasteiger partial charge in [-0.05, 0) is 50.7 Å². The van der Waals surface area contributed by atoms with Crippen LogP contribution >= 0.6 is 38.5 Å². The number of anilines is 1. The first-order valence-electron chi connectivity index (χ1n) is 3.06. The van der Waals surface area contributed by atoms with Gasteiger partial charge in [0.25, 0.3) is 5.91 Å². The number of hydrogen-bond acceptors (Lipinski definition) is 2. The summed E-state index contributed by atoms with van der Waals surface area (Å²) in [5.74, 6) is -0.510. The summed E-state index contributed by atoms with van der Waals surface area (Å²) in [5, 5.41) is 0. The number of hydrogen-bond donors (Lipinski definition) is 2. The molecular weight excluding hydrogens is 335 g/mol. The number of rotatable bonds is 1. The lowest BCUT2D eigenvalue weighted by molar-refractivity contribution is 0.100. The fourth-order valence-corrected chi connectivity index (χ4v) is 1.61. The van der Waals surface area contributed by atoms with E-state index >= 15 is 0 Å². The molecule has 64 valence electrons. The number of amides is 1. The predicted octanol–water partition coefficient (Wildman–Crippen LogP) is 1.73. The highest BCUT2D eigenvalue weighted by Crippen LogP contribution is 2.24. The van der Waals surface area contributed by atoms with Gasteiger partial charge in [0.1, 0.15) is 0 Å². The zero-order valence-electron chi connectivity index (χ0n) is 5.97. The van der Waals surface area contributed by atoms with Crippen molar-refractivity contribution in [2.24, 2.45) is 5.73 Å². The third kappa shape index (κ3) is 1.89. The van der Waals surface area contributed by atoms with Crippen molar-refractivity contribution in [2.75, 3.05) is 5.73 Å². The highest BCUT2D eigenvalue weighted by molar-refractivity contribution is 14.1. The molecule has 0 bridgehead atoms. The molecule has 3 nitrogen and oxygen atoms in total. The van der Waals surface area contributed by atoms with E-state index in [0.29, 0.717) is 11.3 Å². The quantitative estimate of drug-likeness (QED) is 0.604. The maximum atomic E-state index is 10.8. The van der Waals surface area contributed by atoms with E-state index in [2.05, 4.69) is 38.5 Å². The topological polar surface area (TPSA) is 69.1 Å². The van der Waals surface area contributed by atoms with Gasteiger partial charge in [-0.15, -0.1) is 0 Å². The molecule has 0 unspecified atom stereocenters. The SMILES string of the molecule is NC(=O)c1cc(Br)c(I)cc1N. The van der Waals surface area contributed by atoms with E-state index in [0.717, 1.165) is 8.04 Å². The van der Waals surface area contributed by atoms with Crippen LogP contribution in [0.5, 0.6) is 0 Å². The molecule has 4 N–H and O–H groups in total. The molecule has 0 saturated heterocycles. The summed E-state index contributed by atoms with van der Waals surface area (Å²) >= 11 is 5.39. The molecule has 1 amide bonds. The van der Waals surface area contributed by atoms with Crippen molar-refractivity contribution in [2.45, 2.75) is 0 Å². The molecule has 0 spiro atoms. The molecule has 0 radical (unpaired) electrons. The first-order chi connectivity index (χ1) is 5.52. The van der Waals surface area contributed by atoms with Crippen molar-refractivity contribution >= 4 is 50.1 Å². The van der Waals surface area contributed by atoms with Crippen LogP contribution < -0.4 is 11.5 Å². The Kier molecular flexibility index (Phi) is 2.94. The van der Waals surface area contributed by atoms with Gasteiger partial charge in [0.15, 0.2) is 0 Å². The lowest BCUT2D eigenvalue weighted by Crippen LogP contribution is -2.13. The van der Waals surface area contributed by atoms with Crippen LogP contribution in [0.4, 0.5) is 5.69 Å². The number of benzene rings is 1. The number of nitrogen functional groups attached to an aromatic ring is 1. The van der Waals surface area contributed by atoms with Gasteiger partial charge < -0.3 is 11.5 Å². The van der Waals surface area contributed by atoms with Crippen LogP contribution in [0.3, 0.4) is 0 Å². The minimum atomic E-state index is -0.510. The Hall–Kier alpha value is -0.300. The summed E-state index contributed by atoms with van der Waals surface area (Å²) in [4.78, 5) is 10.8. The fraction of sp³-hybridized carbons (Fsp3) is 0. The molecule has 12 heavy (non-hydrogen) atoms. The average Bonchev–Trinajstić information content (AvgIpc) is 1.96. The molecule has 0 atom stereocenters. The van der Waals surface area contributed by atoms with Gasteiger partial charge in [-0.25, -0.2) is 0 Å². The average molecular weight is 341 g/mol. The first-order valence-corrected chi connectivity index (χ1v) is 4.94. The second-order valence-electron chi connectivity index (χ2n) is 2.22. The number of halogens is 2. The molecule has 0 aromatic heterocycles. The molecule has 1 aromatic rings. The normalized spacial score (nSPS) is 9.83. The predicted molar refractivity (Wildman–Crippen MR) is 59.8 cm³/mol. The van der Waals surface area contributed by atoms with Gasteiger partial charge in [0.05, 0.1) is 5.56 Å². The highest BCUT2D eigenvalue weighted by Gasteiger charge is 2.08. The Balaban J connectivity index is 3.33. The van der Waals surface area contributed by atoms with Crippen LogP contribution in [0.1, 0.15) is 10.4 Å². The maximum Gasteiger partial charge on any atom is 0.250 e. The van der Waals surface area contributed by atoms with E-state index in [1.807, 2.05) is 0 Å². The molecule has 0 aliphatic heterocycles. The molecule has 1 aromatic carbocycles. The van der Waals surface area contributed by atoms with Crippen molar-refractivity contribution in [3.63, 3.8) is 0 Å². The van der Waals surface area contributed by atoms with Gasteiger partial charge in [0.2, 0.25) is 0 Å². The van der Waals surface area contributed by atoms with E-state index in [9.17, 15) is 4.79 Å². The van der Waals surface area contributed by atoms with Gasteiger partial charge in [-0.3, -0.25) is 4.79 Å². The molecule has 0 aliphatic carbocycles. The second-order valence-corrected chi connectivity index (χ2v) is 4.23. The number of carbonyl (C=O) groups excluding carboxylic acids is 1. The second kappa shape index (κ2) is 3.61. The third-order valence-corrected chi connectivity index (χ3v) is 3.65. The van der Waals surface area contributed by atoms with E-state index in [4.69, 9.17) is 11.5 Å². The Morgan fingerprint density at radius 1 is 1.50 bits per heavy atom. The van der Waals surface area contributed by atoms with Gasteiger partial charge in [-0.2, -0.15) is 0 Å². The third-order valence-electron chi connectivity index (χ3n) is 1.36. The van der Waals surface area contributed by atoms with Crippen molar-refractivity contribution in [3.05, 3.63) is 25.7 Å². The molecule has 0 saturated carbocycles. The van der Waals surface area contributed by atoms with Crippen LogP contribution in [0, 0.1) is 3.57 Å². The molecule has 0 heterocycles. The Morgan fingerprint density at radius 3 is 2.58 bits per heavy atom. The summed E-state index contributed by atoms with van der Waals surface area (Å²) in [6.07, 6.45) is 0. The minimum Gasteiger partial charge on any atom is -0.398 e. The summed E-state index contributed by atoms with van der Waals surface area (Å²) in [6, 6.07) is 3.32. The highest BCUT2D eigenvalue weighted by atomic mass is 127. The summed E-state index contributed by atoms with van der Waals surface area (Å²) in [7, 11) is 0. The van der Waals surface area contributed by atoms with Crippen molar-refractivity contribution < 1.29 is 4.79 Å². The minimum absolute atomic E-state index is 0.349. The summed E-state index contributed by atoms with van der Waals surface area (Å²) < 4.78 is 1.78. The molecular formula is C7H6BrIN2O. The van der Waals surface area contributed by atoms with E-state index in [-0.39, 0.29) is 0 Å². The van der Waals surface area contributed by atoms with Gasteiger partial charge in [-0.1, -0.05) is 0 Å². The standard InChI is InChI=1S/C7H6BrIN2O/c8-4-1-3(7(11)12)6(10)2-5(4)9/h1-2H,10H2,(H2,11,12).